The second kappa shape index (κ2) is 15.5. The number of carbonyl (C=O) groups is 2. The van der Waals surface area contributed by atoms with E-state index in [1.165, 1.54) is 6.07 Å². The van der Waals surface area contributed by atoms with Gasteiger partial charge in [-0.3, -0.25) is 19.3 Å². The summed E-state index contributed by atoms with van der Waals surface area (Å²) in [5.41, 5.74) is 5.42. The van der Waals surface area contributed by atoms with Crippen LogP contribution in [0.4, 0.5) is 13.2 Å². The van der Waals surface area contributed by atoms with Crippen LogP contribution in [0.1, 0.15) is 58.3 Å². The van der Waals surface area contributed by atoms with E-state index in [-0.39, 0.29) is 29.7 Å². The topological polar surface area (TPSA) is 112 Å². The van der Waals surface area contributed by atoms with Gasteiger partial charge in [-0.05, 0) is 96.5 Å². The molecule has 0 aliphatic carbocycles. The van der Waals surface area contributed by atoms with Crippen LogP contribution < -0.4 is 15.6 Å². The number of carbonyl (C=O) groups excluding carboxylic acids is 1. The van der Waals surface area contributed by atoms with Gasteiger partial charge in [0.15, 0.2) is 0 Å². The van der Waals surface area contributed by atoms with Crippen molar-refractivity contribution in [1.29, 1.82) is 0 Å². The third-order valence-corrected chi connectivity index (χ3v) is 8.80. The van der Waals surface area contributed by atoms with E-state index in [4.69, 9.17) is 4.74 Å². The number of alkyl halides is 1. The largest absolute Gasteiger partial charge is 0.488 e. The molecule has 2 aliphatic rings. The van der Waals surface area contributed by atoms with Crippen LogP contribution >= 0.6 is 0 Å². The fourth-order valence-corrected chi connectivity index (χ4v) is 6.14. The maximum absolute atomic E-state index is 15.2. The number of aromatic nitrogens is 1. The van der Waals surface area contributed by atoms with Gasteiger partial charge in [0.1, 0.15) is 30.2 Å². The highest BCUT2D eigenvalue weighted by Crippen LogP contribution is 2.37. The quantitative estimate of drug-likeness (QED) is 0.226. The second-order valence-electron chi connectivity index (χ2n) is 12.6. The third-order valence-electron chi connectivity index (χ3n) is 8.80. The summed E-state index contributed by atoms with van der Waals surface area (Å²) in [7, 11) is 0. The molecule has 0 radical (unpaired) electrons. The molecule has 1 atom stereocenters. The number of aliphatic carboxylic acids is 1. The Labute approximate surface area is 282 Å². The number of hydrogen-bond acceptors (Lipinski definition) is 5. The summed E-state index contributed by atoms with van der Waals surface area (Å²) in [6, 6.07) is 14.0. The fourth-order valence-electron chi connectivity index (χ4n) is 6.14. The smallest absolute Gasteiger partial charge is 0.305 e. The van der Waals surface area contributed by atoms with Crippen LogP contribution in [0.5, 0.6) is 5.75 Å². The van der Waals surface area contributed by atoms with Crippen LogP contribution in [0, 0.1) is 25.5 Å². The number of carboxylic acids is 1. The van der Waals surface area contributed by atoms with Crippen molar-refractivity contribution in [3.05, 3.63) is 122 Å². The Balaban J connectivity index is 0.000000244. The minimum atomic E-state index is -1.20. The number of aryl methyl sites for hydroxylation is 3. The molecule has 3 aromatic carbocycles. The maximum Gasteiger partial charge on any atom is 0.305 e. The third kappa shape index (κ3) is 8.77. The van der Waals surface area contributed by atoms with E-state index in [2.05, 4.69) is 15.2 Å². The molecule has 0 spiro atoms. The Kier molecular flexibility index (Phi) is 11.2. The number of fused-ring (bicyclic) bond motifs is 6. The molecule has 11 heteroatoms. The molecule has 1 fully saturated rings. The van der Waals surface area contributed by atoms with Gasteiger partial charge in [0.25, 0.3) is 5.56 Å². The summed E-state index contributed by atoms with van der Waals surface area (Å²) in [5.74, 6) is -2.39. The summed E-state index contributed by atoms with van der Waals surface area (Å²) in [4.78, 5) is 40.4. The Morgan fingerprint density at radius 2 is 1.82 bits per heavy atom. The van der Waals surface area contributed by atoms with Crippen LogP contribution in [0.2, 0.25) is 0 Å². The first-order chi connectivity index (χ1) is 23.4. The highest BCUT2D eigenvalue weighted by molar-refractivity contribution is 5.81. The molecule has 3 heterocycles. The zero-order chi connectivity index (χ0) is 35.2. The Bertz CT molecular complexity index is 1900. The van der Waals surface area contributed by atoms with Crippen molar-refractivity contribution < 1.29 is 32.6 Å². The molecule has 1 saturated heterocycles. The number of pyridine rings is 1. The number of rotatable bonds is 6. The normalized spacial score (nSPS) is 16.2. The summed E-state index contributed by atoms with van der Waals surface area (Å²) >= 11 is 0. The maximum atomic E-state index is 15.2. The SMILES string of the molecule is CCc1cc(CCN2CC(F)C2)c[nH]c1=O.Cc1cc2cc(c1F)[C@H](CC(=O)O)NC(=O)Cc1cc(ccc1F)COc1cccc(C)c1-2. The lowest BCUT2D eigenvalue weighted by Crippen LogP contribution is -2.48. The van der Waals surface area contributed by atoms with Crippen molar-refractivity contribution in [2.24, 2.45) is 0 Å². The van der Waals surface area contributed by atoms with Crippen molar-refractivity contribution >= 4 is 11.9 Å². The second-order valence-corrected chi connectivity index (χ2v) is 12.6. The van der Waals surface area contributed by atoms with E-state index in [0.29, 0.717) is 35.5 Å². The van der Waals surface area contributed by atoms with Gasteiger partial charge in [0.2, 0.25) is 5.91 Å². The lowest BCUT2D eigenvalue weighted by Gasteiger charge is -2.34. The van der Waals surface area contributed by atoms with Crippen molar-refractivity contribution in [3.8, 4) is 16.9 Å². The number of amides is 1. The number of H-pyrrole nitrogens is 1. The van der Waals surface area contributed by atoms with Gasteiger partial charge in [-0.1, -0.05) is 25.1 Å². The summed E-state index contributed by atoms with van der Waals surface area (Å²) in [5, 5.41) is 12.0. The van der Waals surface area contributed by atoms with E-state index in [1.54, 1.807) is 43.5 Å². The summed E-state index contributed by atoms with van der Waals surface area (Å²) in [6.45, 7) is 7.60. The number of ether oxygens (including phenoxy) is 1. The lowest BCUT2D eigenvalue weighted by atomic mass is 9.92. The van der Waals surface area contributed by atoms with E-state index in [1.807, 2.05) is 32.0 Å². The zero-order valence-corrected chi connectivity index (χ0v) is 27.7. The molecule has 0 unspecified atom stereocenters. The predicted molar refractivity (Wildman–Crippen MR) is 180 cm³/mol. The molecular weight excluding hydrogens is 635 g/mol. The highest BCUT2D eigenvalue weighted by atomic mass is 19.1. The van der Waals surface area contributed by atoms with Crippen LogP contribution in [0.15, 0.2) is 65.6 Å². The molecule has 8 nitrogen and oxygen atoms in total. The number of benzene rings is 3. The molecule has 49 heavy (non-hydrogen) atoms. The average molecular weight is 676 g/mol. The number of aromatic amines is 1. The predicted octanol–water partition coefficient (Wildman–Crippen LogP) is 6.15. The van der Waals surface area contributed by atoms with Gasteiger partial charge in [-0.25, -0.2) is 13.2 Å². The van der Waals surface area contributed by atoms with E-state index >= 15 is 4.39 Å². The zero-order valence-electron chi connectivity index (χ0n) is 27.7. The molecule has 258 valence electrons. The number of nitrogens with zero attached hydrogens (tertiary/aromatic N) is 1. The first kappa shape index (κ1) is 35.4. The van der Waals surface area contributed by atoms with Gasteiger partial charge in [0.05, 0.1) is 18.9 Å². The van der Waals surface area contributed by atoms with Gasteiger partial charge in [-0.2, -0.15) is 0 Å². The van der Waals surface area contributed by atoms with E-state index in [0.717, 1.165) is 41.6 Å². The monoisotopic (exact) mass is 675 g/mol. The molecule has 4 bridgehead atoms. The Morgan fingerprint density at radius 1 is 1.04 bits per heavy atom. The first-order valence-electron chi connectivity index (χ1n) is 16.3. The average Bonchev–Trinajstić information content (AvgIpc) is 3.04. The number of halogens is 3. The lowest BCUT2D eigenvalue weighted by molar-refractivity contribution is -0.137. The Morgan fingerprint density at radius 3 is 2.53 bits per heavy atom. The molecule has 6 rings (SSSR count). The number of likely N-dealkylation sites (tertiary alicyclic amines) is 1. The van der Waals surface area contributed by atoms with Gasteiger partial charge < -0.3 is 20.1 Å². The number of hydrogen-bond donors (Lipinski definition) is 3. The molecule has 2 aliphatic heterocycles. The van der Waals surface area contributed by atoms with Crippen LogP contribution in [-0.4, -0.2) is 52.7 Å². The van der Waals surface area contributed by atoms with E-state index in [9.17, 15) is 28.3 Å². The molecule has 1 aromatic heterocycles. The van der Waals surface area contributed by atoms with Crippen LogP contribution in [-0.2, 0) is 35.5 Å². The fraction of sp³-hybridized carbons (Fsp3) is 0.342. The number of nitrogens with one attached hydrogen (secondary N) is 2. The first-order valence-corrected chi connectivity index (χ1v) is 16.3. The van der Waals surface area contributed by atoms with Crippen molar-refractivity contribution in [3.63, 3.8) is 0 Å². The summed E-state index contributed by atoms with van der Waals surface area (Å²) < 4.78 is 48.2. The van der Waals surface area contributed by atoms with E-state index < -0.39 is 42.1 Å². The molecular formula is C38H40F3N3O5. The van der Waals surface area contributed by atoms with Crippen LogP contribution in [0.25, 0.3) is 11.1 Å². The number of carboxylic acid groups (broad SMARTS) is 1. The van der Waals surface area contributed by atoms with Crippen molar-refractivity contribution in [1.82, 2.24) is 15.2 Å². The van der Waals surface area contributed by atoms with Crippen molar-refractivity contribution in [2.45, 2.75) is 65.3 Å². The van der Waals surface area contributed by atoms with Crippen molar-refractivity contribution in [2.75, 3.05) is 19.6 Å². The standard InChI is InChI=1S/C26H23F2NO4.C12H17FN2O/c1-14-4-3-5-22-25(14)18-8-15(2)26(28)19(10-18)21(12-24(31)32)29-23(30)11-17-9-16(13-33-22)6-7-20(17)27;1-2-10-5-9(6-14-12(10)16)3-4-15-7-11(13)8-15/h3-10,21H,11-13H2,1-2H3,(H,29,30)(H,31,32);5-6,11H,2-4,7-8H2,1H3,(H,14,16)/t21-;/m0./s1. The van der Waals surface area contributed by atoms with Gasteiger partial charge >= 0.3 is 5.97 Å². The summed E-state index contributed by atoms with van der Waals surface area (Å²) in [6.07, 6.45) is 1.91. The van der Waals surface area contributed by atoms with Gasteiger partial charge in [-0.15, -0.1) is 0 Å². The molecule has 3 N–H and O–H groups in total. The minimum absolute atomic E-state index is 0.000905. The molecule has 1 amide bonds. The van der Waals surface area contributed by atoms with Crippen LogP contribution in [0.3, 0.4) is 0 Å². The molecule has 4 aromatic rings. The minimum Gasteiger partial charge on any atom is -0.488 e. The molecule has 0 saturated carbocycles. The van der Waals surface area contributed by atoms with Gasteiger partial charge in [0, 0.05) is 42.5 Å². The highest BCUT2D eigenvalue weighted by Gasteiger charge is 2.26. The Hall–Kier alpha value is -4.90.